The van der Waals surface area contributed by atoms with Crippen LogP contribution in [-0.2, 0) is 11.3 Å². The summed E-state index contributed by atoms with van der Waals surface area (Å²) in [7, 11) is 0. The van der Waals surface area contributed by atoms with E-state index >= 15 is 0 Å². The van der Waals surface area contributed by atoms with E-state index in [1.54, 1.807) is 0 Å². The molecule has 82 valence electrons. The molecule has 0 aliphatic carbocycles. The van der Waals surface area contributed by atoms with E-state index in [9.17, 15) is 0 Å². The van der Waals surface area contributed by atoms with Gasteiger partial charge in [0.05, 0.1) is 6.61 Å². The van der Waals surface area contributed by atoms with Crippen LogP contribution in [0.3, 0.4) is 0 Å². The van der Waals surface area contributed by atoms with Gasteiger partial charge in [0.15, 0.2) is 0 Å². The van der Waals surface area contributed by atoms with Crippen molar-refractivity contribution in [2.45, 2.75) is 32.8 Å². The van der Waals surface area contributed by atoms with Crippen molar-refractivity contribution in [2.24, 2.45) is 0 Å². The summed E-state index contributed by atoms with van der Waals surface area (Å²) in [6, 6.07) is 8.30. The van der Waals surface area contributed by atoms with Crippen molar-refractivity contribution in [1.29, 1.82) is 0 Å². The fourth-order valence-electron chi connectivity index (χ4n) is 1.45. The van der Waals surface area contributed by atoms with Crippen molar-refractivity contribution in [2.75, 3.05) is 6.61 Å². The van der Waals surface area contributed by atoms with Crippen LogP contribution in [0, 0.1) is 0 Å². The second-order valence-corrected chi connectivity index (χ2v) is 3.71. The summed E-state index contributed by atoms with van der Waals surface area (Å²) in [5, 5.41) is 0. The molecule has 0 spiro atoms. The standard InChI is InChI=1S/C14H20O/c1-3-5-6-10-15-12-14-9-7-8-13(4-2)11-14/h4,7-9,11H,2-3,5-6,10,12H2,1H3. The minimum atomic E-state index is 0.714. The Labute approximate surface area is 92.8 Å². The number of ether oxygens (including phenoxy) is 1. The van der Waals surface area contributed by atoms with Gasteiger partial charge in [-0.25, -0.2) is 0 Å². The van der Waals surface area contributed by atoms with Gasteiger partial charge >= 0.3 is 0 Å². The molecule has 1 aromatic carbocycles. The molecule has 0 unspecified atom stereocenters. The quantitative estimate of drug-likeness (QED) is 0.609. The Kier molecular flexibility index (Phi) is 5.79. The van der Waals surface area contributed by atoms with E-state index in [0.29, 0.717) is 6.61 Å². The summed E-state index contributed by atoms with van der Waals surface area (Å²) >= 11 is 0. The summed E-state index contributed by atoms with van der Waals surface area (Å²) in [5.41, 5.74) is 2.38. The zero-order valence-electron chi connectivity index (χ0n) is 9.54. The zero-order chi connectivity index (χ0) is 10.9. The highest BCUT2D eigenvalue weighted by molar-refractivity contribution is 5.47. The van der Waals surface area contributed by atoms with Gasteiger partial charge in [-0.05, 0) is 23.6 Å². The average Bonchev–Trinajstić information content (AvgIpc) is 2.29. The van der Waals surface area contributed by atoms with Crippen LogP contribution < -0.4 is 0 Å². The molecule has 0 amide bonds. The molecule has 0 bridgehead atoms. The van der Waals surface area contributed by atoms with Crippen LogP contribution in [0.1, 0.15) is 37.3 Å². The summed E-state index contributed by atoms with van der Waals surface area (Å²) in [4.78, 5) is 0. The lowest BCUT2D eigenvalue weighted by molar-refractivity contribution is 0.117. The molecule has 1 aromatic rings. The molecule has 1 rings (SSSR count). The second kappa shape index (κ2) is 7.24. The Bertz CT molecular complexity index is 291. The van der Waals surface area contributed by atoms with Gasteiger partial charge < -0.3 is 4.74 Å². The molecule has 0 aromatic heterocycles. The number of hydrogen-bond donors (Lipinski definition) is 0. The Morgan fingerprint density at radius 1 is 1.33 bits per heavy atom. The normalized spacial score (nSPS) is 10.2. The number of unbranched alkanes of at least 4 members (excludes halogenated alkanes) is 2. The predicted octanol–water partition coefficient (Wildman–Crippen LogP) is 4.04. The van der Waals surface area contributed by atoms with Gasteiger partial charge in [-0.3, -0.25) is 0 Å². The fourth-order valence-corrected chi connectivity index (χ4v) is 1.45. The van der Waals surface area contributed by atoms with Crippen molar-refractivity contribution < 1.29 is 4.74 Å². The SMILES string of the molecule is C=Cc1cccc(COCCCCC)c1. The predicted molar refractivity (Wildman–Crippen MR) is 65.7 cm³/mol. The molecule has 0 aliphatic heterocycles. The van der Waals surface area contributed by atoms with Gasteiger partial charge in [-0.1, -0.05) is 50.6 Å². The molecule has 0 atom stereocenters. The lowest BCUT2D eigenvalue weighted by atomic mass is 10.1. The lowest BCUT2D eigenvalue weighted by Crippen LogP contribution is -1.95. The lowest BCUT2D eigenvalue weighted by Gasteiger charge is -2.04. The molecule has 0 radical (unpaired) electrons. The van der Waals surface area contributed by atoms with E-state index in [1.165, 1.54) is 18.4 Å². The maximum absolute atomic E-state index is 5.59. The van der Waals surface area contributed by atoms with Gasteiger partial charge in [-0.2, -0.15) is 0 Å². The third kappa shape index (κ3) is 4.80. The first kappa shape index (κ1) is 12.0. The van der Waals surface area contributed by atoms with E-state index < -0.39 is 0 Å². The van der Waals surface area contributed by atoms with E-state index in [4.69, 9.17) is 4.74 Å². The van der Waals surface area contributed by atoms with Crippen LogP contribution >= 0.6 is 0 Å². The first-order chi connectivity index (χ1) is 7.36. The first-order valence-electron chi connectivity index (χ1n) is 5.66. The Hall–Kier alpha value is -1.08. The molecule has 1 heteroatoms. The average molecular weight is 204 g/mol. The monoisotopic (exact) mass is 204 g/mol. The molecule has 0 heterocycles. The minimum Gasteiger partial charge on any atom is -0.377 e. The summed E-state index contributed by atoms with van der Waals surface area (Å²) in [5.74, 6) is 0. The molecule has 1 nitrogen and oxygen atoms in total. The van der Waals surface area contributed by atoms with E-state index in [1.807, 2.05) is 18.2 Å². The number of hydrogen-bond acceptors (Lipinski definition) is 1. The molecular weight excluding hydrogens is 184 g/mol. The largest absolute Gasteiger partial charge is 0.377 e. The van der Waals surface area contributed by atoms with Crippen LogP contribution in [0.4, 0.5) is 0 Å². The van der Waals surface area contributed by atoms with Gasteiger partial charge in [0.1, 0.15) is 0 Å². The molecule has 0 saturated heterocycles. The summed E-state index contributed by atoms with van der Waals surface area (Å²) < 4.78 is 5.59. The molecular formula is C14H20O. The minimum absolute atomic E-state index is 0.714. The van der Waals surface area contributed by atoms with Gasteiger partial charge in [-0.15, -0.1) is 0 Å². The second-order valence-electron chi connectivity index (χ2n) is 3.71. The summed E-state index contributed by atoms with van der Waals surface area (Å²) in [6.07, 6.45) is 5.53. The molecule has 0 N–H and O–H groups in total. The Morgan fingerprint density at radius 3 is 2.93 bits per heavy atom. The van der Waals surface area contributed by atoms with Crippen molar-refractivity contribution >= 4 is 6.08 Å². The van der Waals surface area contributed by atoms with E-state index in [2.05, 4.69) is 25.6 Å². The van der Waals surface area contributed by atoms with Crippen LogP contribution in [0.2, 0.25) is 0 Å². The van der Waals surface area contributed by atoms with Crippen molar-refractivity contribution in [1.82, 2.24) is 0 Å². The van der Waals surface area contributed by atoms with Crippen LogP contribution in [0.25, 0.3) is 6.08 Å². The Balaban J connectivity index is 2.27. The van der Waals surface area contributed by atoms with E-state index in [-0.39, 0.29) is 0 Å². The van der Waals surface area contributed by atoms with Crippen molar-refractivity contribution in [3.63, 3.8) is 0 Å². The highest BCUT2D eigenvalue weighted by Crippen LogP contribution is 2.08. The highest BCUT2D eigenvalue weighted by atomic mass is 16.5. The van der Waals surface area contributed by atoms with Gasteiger partial charge in [0, 0.05) is 6.61 Å². The van der Waals surface area contributed by atoms with E-state index in [0.717, 1.165) is 18.6 Å². The number of benzene rings is 1. The van der Waals surface area contributed by atoms with Crippen molar-refractivity contribution in [3.05, 3.63) is 42.0 Å². The topological polar surface area (TPSA) is 9.23 Å². The molecule has 15 heavy (non-hydrogen) atoms. The smallest absolute Gasteiger partial charge is 0.0717 e. The van der Waals surface area contributed by atoms with Gasteiger partial charge in [0.25, 0.3) is 0 Å². The first-order valence-corrected chi connectivity index (χ1v) is 5.66. The maximum Gasteiger partial charge on any atom is 0.0717 e. The van der Waals surface area contributed by atoms with Crippen LogP contribution in [-0.4, -0.2) is 6.61 Å². The Morgan fingerprint density at radius 2 is 2.20 bits per heavy atom. The zero-order valence-corrected chi connectivity index (χ0v) is 9.54. The summed E-state index contributed by atoms with van der Waals surface area (Å²) in [6.45, 7) is 7.53. The molecule has 0 aliphatic rings. The molecule has 0 saturated carbocycles. The molecule has 0 fully saturated rings. The third-order valence-electron chi connectivity index (χ3n) is 2.35. The van der Waals surface area contributed by atoms with Crippen LogP contribution in [0.5, 0.6) is 0 Å². The van der Waals surface area contributed by atoms with Crippen LogP contribution in [0.15, 0.2) is 30.8 Å². The maximum atomic E-state index is 5.59. The van der Waals surface area contributed by atoms with Crippen molar-refractivity contribution in [3.8, 4) is 0 Å². The highest BCUT2D eigenvalue weighted by Gasteiger charge is 1.94. The third-order valence-corrected chi connectivity index (χ3v) is 2.35. The fraction of sp³-hybridized carbons (Fsp3) is 0.429. The van der Waals surface area contributed by atoms with Gasteiger partial charge in [0.2, 0.25) is 0 Å². The number of rotatable bonds is 7.